The van der Waals surface area contributed by atoms with E-state index in [1.807, 2.05) is 6.08 Å². The van der Waals surface area contributed by atoms with Crippen LogP contribution in [-0.2, 0) is 39.1 Å². The fourth-order valence-corrected chi connectivity index (χ4v) is 3.88. The molecule has 0 bridgehead atoms. The molecule has 2 aliphatic rings. The number of allylic oxidation sites excluding steroid dienone is 2. The fraction of sp³-hybridized carbons (Fsp3) is 0.500. The van der Waals surface area contributed by atoms with Crippen LogP contribution in [0.1, 0.15) is 49.3 Å². The summed E-state index contributed by atoms with van der Waals surface area (Å²) in [7, 11) is 1.00. The Morgan fingerprint density at radius 2 is 1.86 bits per heavy atom. The van der Waals surface area contributed by atoms with Crippen molar-refractivity contribution < 1.29 is 42.9 Å². The zero-order valence-electron chi connectivity index (χ0n) is 17.9. The van der Waals surface area contributed by atoms with Gasteiger partial charge in [-0.1, -0.05) is 99.2 Å². The maximum atomic E-state index is 8.38. The molecule has 3 rings (SSSR count). The molecule has 4 nitrogen and oxygen atoms in total. The van der Waals surface area contributed by atoms with E-state index in [2.05, 4.69) is 42.7 Å². The third-order valence-electron chi connectivity index (χ3n) is 5.21. The van der Waals surface area contributed by atoms with Gasteiger partial charge < -0.3 is 15.5 Å². The van der Waals surface area contributed by atoms with E-state index < -0.39 is 0 Å². The summed E-state index contributed by atoms with van der Waals surface area (Å²) in [6, 6.07) is 9.46. The molecule has 0 saturated heterocycles. The van der Waals surface area contributed by atoms with Crippen LogP contribution >= 0.6 is 0 Å². The molecule has 3 N–H and O–H groups in total. The molecule has 29 heavy (non-hydrogen) atoms. The molecule has 1 radical (unpaired) electrons. The zero-order valence-corrected chi connectivity index (χ0v) is 20.7. The van der Waals surface area contributed by atoms with E-state index in [1.54, 1.807) is 17.7 Å². The summed E-state index contributed by atoms with van der Waals surface area (Å²) >= 11 is 0. The van der Waals surface area contributed by atoms with E-state index >= 15 is 0 Å². The molecule has 0 amide bonds. The second kappa shape index (κ2) is 18.2. The zero-order chi connectivity index (χ0) is 20.6. The van der Waals surface area contributed by atoms with Gasteiger partial charge in [0.25, 0.3) is 0 Å². The van der Waals surface area contributed by atoms with Crippen LogP contribution in [0.5, 0.6) is 0 Å². The summed E-state index contributed by atoms with van der Waals surface area (Å²) in [5, 5.41) is 23.0. The van der Waals surface area contributed by atoms with Crippen molar-refractivity contribution in [2.24, 2.45) is 5.92 Å². The number of hydrogen-bond donors (Lipinski definition) is 3. The molecule has 1 aliphatic carbocycles. The first-order valence-electron chi connectivity index (χ1n) is 10.2. The van der Waals surface area contributed by atoms with Crippen molar-refractivity contribution in [1.82, 2.24) is 5.32 Å². The van der Waals surface area contributed by atoms with Crippen molar-refractivity contribution in [3.8, 4) is 0 Å². The summed E-state index contributed by atoms with van der Waals surface area (Å²) < 4.78 is 0. The van der Waals surface area contributed by atoms with Gasteiger partial charge in [0.1, 0.15) is 0 Å². The normalized spacial score (nSPS) is 18.6. The first-order valence-corrected chi connectivity index (χ1v) is 10.2. The smallest absolute Gasteiger partial charge is 0.0934 e. The number of aliphatic hydroxyl groups excluding tert-OH is 2. The Kier molecular flexibility index (Phi) is 17.8. The van der Waals surface area contributed by atoms with E-state index in [0.29, 0.717) is 12.6 Å². The fourth-order valence-electron chi connectivity index (χ4n) is 3.88. The minimum Gasteiger partial charge on any atom is -0.655 e. The predicted octanol–water partition coefficient (Wildman–Crippen LogP) is 4.67. The number of rotatable bonds is 6. The molecule has 1 saturated carbocycles. The van der Waals surface area contributed by atoms with Crippen molar-refractivity contribution in [3.63, 3.8) is 0 Å². The van der Waals surface area contributed by atoms with Crippen LogP contribution in [0.25, 0.3) is 5.32 Å². The summed E-state index contributed by atoms with van der Waals surface area (Å²) in [4.78, 5) is 0. The summed E-state index contributed by atoms with van der Waals surface area (Å²) in [5.41, 5.74) is 4.10. The Morgan fingerprint density at radius 1 is 1.17 bits per heavy atom. The molecule has 5 heteroatoms. The number of hydrogen-bond acceptors (Lipinski definition) is 3. The minimum absolute atomic E-state index is 0. The van der Waals surface area contributed by atoms with E-state index in [9.17, 15) is 0 Å². The SMILES string of the molecule is C=C/C=C(\C=C)CNCO.CO.[Y].c1ccc2c(c1)CC[N-]C2C1CCCCC1. The number of aliphatic hydroxyl groups is 2. The number of nitrogens with one attached hydrogen (secondary N) is 1. The average Bonchev–Trinajstić information content (AvgIpc) is 2.78. The monoisotopic (exact) mass is 474 g/mol. The summed E-state index contributed by atoms with van der Waals surface area (Å²) in [6.45, 7) is 8.80. The number of fused-ring (bicyclic) bond motifs is 1. The van der Waals surface area contributed by atoms with Crippen LogP contribution < -0.4 is 5.32 Å². The van der Waals surface area contributed by atoms with Gasteiger partial charge >= 0.3 is 0 Å². The molecule has 1 heterocycles. The van der Waals surface area contributed by atoms with Crippen LogP contribution in [0.4, 0.5) is 0 Å². The Hall–Kier alpha value is -0.616. The van der Waals surface area contributed by atoms with Gasteiger partial charge in [0, 0.05) is 46.4 Å². The molecule has 1 aromatic rings. The Morgan fingerprint density at radius 3 is 2.48 bits per heavy atom. The first kappa shape index (κ1) is 28.4. The average molecular weight is 474 g/mol. The third kappa shape index (κ3) is 10.3. The molecule has 0 aromatic heterocycles. The van der Waals surface area contributed by atoms with Gasteiger partial charge in [-0.3, -0.25) is 5.32 Å². The van der Waals surface area contributed by atoms with Crippen molar-refractivity contribution >= 4 is 0 Å². The van der Waals surface area contributed by atoms with E-state index in [4.69, 9.17) is 15.5 Å². The van der Waals surface area contributed by atoms with E-state index in [1.165, 1.54) is 37.7 Å². The number of benzene rings is 1. The maximum absolute atomic E-state index is 8.38. The largest absolute Gasteiger partial charge is 0.655 e. The van der Waals surface area contributed by atoms with Crippen LogP contribution in [-0.4, -0.2) is 37.1 Å². The summed E-state index contributed by atoms with van der Waals surface area (Å²) in [6.07, 6.45) is 13.5. The topological polar surface area (TPSA) is 66.6 Å². The van der Waals surface area contributed by atoms with Gasteiger partial charge in [-0.15, -0.1) is 12.6 Å². The van der Waals surface area contributed by atoms with E-state index in [-0.39, 0.29) is 39.4 Å². The molecule has 1 unspecified atom stereocenters. The number of nitrogens with zero attached hydrogens (tertiary/aromatic N) is 1. The summed E-state index contributed by atoms with van der Waals surface area (Å²) in [5.74, 6) is 0.829. The molecular formula is C24H37N2O2Y-. The Labute approximate surface area is 202 Å². The predicted molar refractivity (Wildman–Crippen MR) is 119 cm³/mol. The third-order valence-corrected chi connectivity index (χ3v) is 5.21. The van der Waals surface area contributed by atoms with Crippen molar-refractivity contribution in [3.05, 3.63) is 77.7 Å². The molecular weight excluding hydrogens is 437 g/mol. The van der Waals surface area contributed by atoms with Crippen LogP contribution in [0.2, 0.25) is 0 Å². The molecule has 1 aromatic carbocycles. The van der Waals surface area contributed by atoms with Crippen LogP contribution in [0.3, 0.4) is 0 Å². The molecule has 1 atom stereocenters. The van der Waals surface area contributed by atoms with Gasteiger partial charge in [0.2, 0.25) is 0 Å². The van der Waals surface area contributed by atoms with E-state index in [0.717, 1.165) is 31.6 Å². The molecule has 159 valence electrons. The first-order chi connectivity index (χ1) is 13.8. The molecule has 1 fully saturated rings. The quantitative estimate of drug-likeness (QED) is 0.415. The van der Waals surface area contributed by atoms with Crippen molar-refractivity contribution in [2.75, 3.05) is 26.9 Å². The van der Waals surface area contributed by atoms with Gasteiger partial charge in [-0.05, 0) is 17.6 Å². The van der Waals surface area contributed by atoms with Gasteiger partial charge in [0.05, 0.1) is 6.73 Å². The van der Waals surface area contributed by atoms with Crippen LogP contribution in [0, 0.1) is 5.92 Å². The second-order valence-corrected chi connectivity index (χ2v) is 6.96. The Balaban J connectivity index is 0.000000531. The minimum atomic E-state index is -0.0116. The molecule has 0 spiro atoms. The van der Waals surface area contributed by atoms with Crippen LogP contribution in [0.15, 0.2) is 61.2 Å². The molecule has 1 aliphatic heterocycles. The van der Waals surface area contributed by atoms with Gasteiger partial charge in [-0.25, -0.2) is 0 Å². The van der Waals surface area contributed by atoms with Gasteiger partial charge in [0.15, 0.2) is 0 Å². The maximum Gasteiger partial charge on any atom is 0.0934 e. The van der Waals surface area contributed by atoms with Crippen molar-refractivity contribution in [2.45, 2.75) is 44.6 Å². The van der Waals surface area contributed by atoms with Crippen molar-refractivity contribution in [1.29, 1.82) is 0 Å². The Bertz CT molecular complexity index is 598. The second-order valence-electron chi connectivity index (χ2n) is 6.96. The standard InChI is InChI=1S/C15H20N.C8H13NO.CH4O.Y/c1-2-7-13(8-3-1)15-14-9-5-4-6-12(14)10-11-16-15;1-3-5-8(4-2)6-9-7-10;1-2;/h4-6,9,13,15H,1-3,7-8,10-11H2;3-5,9-10H,1-2,6-7H2;2H,1H3;/q-1;;;/b;8-5+;;. The van der Waals surface area contributed by atoms with Gasteiger partial charge in [-0.2, -0.15) is 0 Å².